The lowest BCUT2D eigenvalue weighted by atomic mass is 10.00. The Kier molecular flexibility index (Phi) is 6.37. The summed E-state index contributed by atoms with van der Waals surface area (Å²) in [5.74, 6) is 0.431. The van der Waals surface area contributed by atoms with Gasteiger partial charge in [0.1, 0.15) is 0 Å². The highest BCUT2D eigenvalue weighted by atomic mass is 16.3. The van der Waals surface area contributed by atoms with E-state index in [4.69, 9.17) is 0 Å². The SMILES string of the molecule is CCC(C)C(O)CN1CCCCCC1CC. The Balaban J connectivity index is 2.47. The summed E-state index contributed by atoms with van der Waals surface area (Å²) >= 11 is 0. The van der Waals surface area contributed by atoms with Crippen molar-refractivity contribution in [2.45, 2.75) is 71.4 Å². The van der Waals surface area contributed by atoms with Gasteiger partial charge in [-0.1, -0.05) is 40.0 Å². The summed E-state index contributed by atoms with van der Waals surface area (Å²) in [6, 6.07) is 0.709. The van der Waals surface area contributed by atoms with Crippen molar-refractivity contribution in [1.29, 1.82) is 0 Å². The van der Waals surface area contributed by atoms with Crippen LogP contribution in [0.25, 0.3) is 0 Å². The molecule has 0 amide bonds. The lowest BCUT2D eigenvalue weighted by Crippen LogP contribution is -2.41. The Morgan fingerprint density at radius 3 is 2.62 bits per heavy atom. The van der Waals surface area contributed by atoms with Gasteiger partial charge >= 0.3 is 0 Å². The second kappa shape index (κ2) is 7.29. The molecule has 0 saturated carbocycles. The fraction of sp³-hybridized carbons (Fsp3) is 1.00. The molecule has 0 aliphatic carbocycles. The summed E-state index contributed by atoms with van der Waals surface area (Å²) in [4.78, 5) is 2.53. The molecule has 96 valence electrons. The third-order valence-electron chi connectivity index (χ3n) is 4.19. The van der Waals surface area contributed by atoms with Crippen LogP contribution in [0, 0.1) is 5.92 Å². The minimum atomic E-state index is -0.142. The van der Waals surface area contributed by atoms with Crippen molar-refractivity contribution in [3.05, 3.63) is 0 Å². The molecule has 2 heteroatoms. The first-order valence-electron chi connectivity index (χ1n) is 7.11. The summed E-state index contributed by atoms with van der Waals surface area (Å²) in [5, 5.41) is 10.1. The lowest BCUT2D eigenvalue weighted by molar-refractivity contribution is 0.0507. The molecular weight excluding hydrogens is 198 g/mol. The average molecular weight is 227 g/mol. The molecule has 0 aromatic rings. The Hall–Kier alpha value is -0.0800. The van der Waals surface area contributed by atoms with Crippen molar-refractivity contribution in [1.82, 2.24) is 4.90 Å². The monoisotopic (exact) mass is 227 g/mol. The lowest BCUT2D eigenvalue weighted by Gasteiger charge is -2.32. The minimum absolute atomic E-state index is 0.142. The van der Waals surface area contributed by atoms with Gasteiger partial charge in [0.05, 0.1) is 6.10 Å². The molecule has 1 fully saturated rings. The standard InChI is InChI=1S/C14H29NO/c1-4-12(3)14(16)11-15-10-8-6-7-9-13(15)5-2/h12-14,16H,4-11H2,1-3H3. The van der Waals surface area contributed by atoms with Crippen LogP contribution < -0.4 is 0 Å². The van der Waals surface area contributed by atoms with Crippen LogP contribution in [0.15, 0.2) is 0 Å². The van der Waals surface area contributed by atoms with E-state index in [1.165, 1.54) is 38.6 Å². The molecule has 0 aromatic carbocycles. The molecule has 1 heterocycles. The Bertz CT molecular complexity index is 184. The molecule has 1 aliphatic rings. The van der Waals surface area contributed by atoms with Crippen molar-refractivity contribution < 1.29 is 5.11 Å². The molecule has 0 spiro atoms. The third kappa shape index (κ3) is 4.06. The maximum atomic E-state index is 10.1. The topological polar surface area (TPSA) is 23.5 Å². The van der Waals surface area contributed by atoms with Crippen LogP contribution >= 0.6 is 0 Å². The van der Waals surface area contributed by atoms with Crippen LogP contribution in [0.3, 0.4) is 0 Å². The van der Waals surface area contributed by atoms with Crippen molar-refractivity contribution >= 4 is 0 Å². The van der Waals surface area contributed by atoms with Gasteiger partial charge < -0.3 is 5.11 Å². The van der Waals surface area contributed by atoms with Crippen LogP contribution in [-0.2, 0) is 0 Å². The van der Waals surface area contributed by atoms with Gasteiger partial charge in [-0.2, -0.15) is 0 Å². The molecule has 1 N–H and O–H groups in total. The van der Waals surface area contributed by atoms with Gasteiger partial charge in [-0.05, 0) is 31.7 Å². The van der Waals surface area contributed by atoms with Crippen LogP contribution in [-0.4, -0.2) is 35.2 Å². The maximum Gasteiger partial charge on any atom is 0.0692 e. The van der Waals surface area contributed by atoms with E-state index < -0.39 is 0 Å². The number of rotatable bonds is 5. The van der Waals surface area contributed by atoms with E-state index in [1.807, 2.05) is 0 Å². The van der Waals surface area contributed by atoms with Crippen LogP contribution in [0.4, 0.5) is 0 Å². The molecule has 1 aliphatic heterocycles. The second-order valence-corrected chi connectivity index (χ2v) is 5.36. The fourth-order valence-corrected chi connectivity index (χ4v) is 2.63. The zero-order valence-electron chi connectivity index (χ0n) is 11.3. The largest absolute Gasteiger partial charge is 0.392 e. The van der Waals surface area contributed by atoms with Gasteiger partial charge in [-0.15, -0.1) is 0 Å². The van der Waals surface area contributed by atoms with E-state index >= 15 is 0 Å². The van der Waals surface area contributed by atoms with E-state index in [1.54, 1.807) is 0 Å². The van der Waals surface area contributed by atoms with Gasteiger partial charge in [0.25, 0.3) is 0 Å². The van der Waals surface area contributed by atoms with Crippen molar-refractivity contribution in [2.75, 3.05) is 13.1 Å². The first-order valence-corrected chi connectivity index (χ1v) is 7.11. The highest BCUT2D eigenvalue weighted by molar-refractivity contribution is 4.78. The van der Waals surface area contributed by atoms with Gasteiger partial charge in [-0.25, -0.2) is 0 Å². The molecule has 1 rings (SSSR count). The van der Waals surface area contributed by atoms with Crippen molar-refractivity contribution in [3.63, 3.8) is 0 Å². The Labute approximate surface area is 101 Å². The number of likely N-dealkylation sites (tertiary alicyclic amines) is 1. The third-order valence-corrected chi connectivity index (χ3v) is 4.19. The average Bonchev–Trinajstić information content (AvgIpc) is 2.52. The van der Waals surface area contributed by atoms with E-state index in [0.29, 0.717) is 12.0 Å². The number of aliphatic hydroxyl groups is 1. The van der Waals surface area contributed by atoms with Crippen molar-refractivity contribution in [3.8, 4) is 0 Å². The summed E-state index contributed by atoms with van der Waals surface area (Å²) in [6.07, 6.45) is 7.53. The predicted octanol–water partition coefficient (Wildman–Crippen LogP) is 3.05. The maximum absolute atomic E-state index is 10.1. The fourth-order valence-electron chi connectivity index (χ4n) is 2.63. The molecule has 3 unspecified atom stereocenters. The molecule has 0 aromatic heterocycles. The molecule has 1 saturated heterocycles. The van der Waals surface area contributed by atoms with E-state index in [2.05, 4.69) is 25.7 Å². The summed E-state index contributed by atoms with van der Waals surface area (Å²) < 4.78 is 0. The number of hydrogen-bond acceptors (Lipinski definition) is 2. The van der Waals surface area contributed by atoms with E-state index in [9.17, 15) is 5.11 Å². The molecule has 0 radical (unpaired) electrons. The molecule has 0 bridgehead atoms. The molecular formula is C14H29NO. The van der Waals surface area contributed by atoms with Crippen LogP contribution in [0.2, 0.25) is 0 Å². The first-order chi connectivity index (χ1) is 7.69. The molecule has 3 atom stereocenters. The van der Waals surface area contributed by atoms with Crippen molar-refractivity contribution in [2.24, 2.45) is 5.92 Å². The number of hydrogen-bond donors (Lipinski definition) is 1. The number of aliphatic hydroxyl groups excluding tert-OH is 1. The van der Waals surface area contributed by atoms with Crippen LogP contribution in [0.1, 0.15) is 59.3 Å². The van der Waals surface area contributed by atoms with Gasteiger partial charge in [0, 0.05) is 12.6 Å². The Morgan fingerprint density at radius 1 is 1.25 bits per heavy atom. The molecule has 16 heavy (non-hydrogen) atoms. The Morgan fingerprint density at radius 2 is 2.00 bits per heavy atom. The summed E-state index contributed by atoms with van der Waals surface area (Å²) in [5.41, 5.74) is 0. The smallest absolute Gasteiger partial charge is 0.0692 e. The molecule has 2 nitrogen and oxygen atoms in total. The highest BCUT2D eigenvalue weighted by Gasteiger charge is 2.23. The second-order valence-electron chi connectivity index (χ2n) is 5.36. The highest BCUT2D eigenvalue weighted by Crippen LogP contribution is 2.20. The summed E-state index contributed by atoms with van der Waals surface area (Å²) in [7, 11) is 0. The minimum Gasteiger partial charge on any atom is -0.392 e. The van der Waals surface area contributed by atoms with Crippen LogP contribution in [0.5, 0.6) is 0 Å². The van der Waals surface area contributed by atoms with Gasteiger partial charge in [0.15, 0.2) is 0 Å². The number of β-amino-alcohol motifs (C(OH)–C–C–N with tert-alkyl or cyclic N) is 1. The number of nitrogens with zero attached hydrogens (tertiary/aromatic N) is 1. The first kappa shape index (κ1) is 14.0. The zero-order chi connectivity index (χ0) is 12.0. The van der Waals surface area contributed by atoms with E-state index in [-0.39, 0.29) is 6.10 Å². The zero-order valence-corrected chi connectivity index (χ0v) is 11.3. The quantitative estimate of drug-likeness (QED) is 0.780. The van der Waals surface area contributed by atoms with E-state index in [0.717, 1.165) is 13.0 Å². The normalized spacial score (nSPS) is 27.4. The van der Waals surface area contributed by atoms with Gasteiger partial charge in [0.2, 0.25) is 0 Å². The summed E-state index contributed by atoms with van der Waals surface area (Å²) in [6.45, 7) is 8.66. The predicted molar refractivity (Wildman–Crippen MR) is 69.6 cm³/mol. The van der Waals surface area contributed by atoms with Gasteiger partial charge in [-0.3, -0.25) is 4.90 Å².